The van der Waals surface area contributed by atoms with Gasteiger partial charge in [0.15, 0.2) is 0 Å². The van der Waals surface area contributed by atoms with Crippen molar-refractivity contribution in [2.75, 3.05) is 20.2 Å². The summed E-state index contributed by atoms with van der Waals surface area (Å²) < 4.78 is 5.48. The van der Waals surface area contributed by atoms with Crippen LogP contribution in [0.15, 0.2) is 30.3 Å². The third-order valence-electron chi connectivity index (χ3n) is 5.49. The quantitative estimate of drug-likeness (QED) is 0.922. The lowest BCUT2D eigenvalue weighted by atomic mass is 9.82. The van der Waals surface area contributed by atoms with Gasteiger partial charge in [0, 0.05) is 37.8 Å². The molecule has 1 aromatic carbocycles. The monoisotopic (exact) mass is 288 g/mol. The molecular formula is C18H28N2O. The Labute approximate surface area is 128 Å². The Morgan fingerprint density at radius 2 is 2.00 bits per heavy atom. The molecule has 0 radical (unpaired) electrons. The van der Waals surface area contributed by atoms with Gasteiger partial charge in [-0.05, 0) is 31.7 Å². The average Bonchev–Trinajstić information content (AvgIpc) is 2.47. The summed E-state index contributed by atoms with van der Waals surface area (Å²) in [6.45, 7) is 6.81. The SMILES string of the molecule is CCC1(C)CN(C2CC(OC)C2)C(c2ccccc2)CN1. The predicted octanol–water partition coefficient (Wildman–Crippen LogP) is 2.98. The highest BCUT2D eigenvalue weighted by Gasteiger charge is 2.43. The summed E-state index contributed by atoms with van der Waals surface area (Å²) in [4.78, 5) is 2.73. The molecule has 0 bridgehead atoms. The second kappa shape index (κ2) is 6.07. The van der Waals surface area contributed by atoms with Crippen LogP contribution in [0.2, 0.25) is 0 Å². The summed E-state index contributed by atoms with van der Waals surface area (Å²) >= 11 is 0. The van der Waals surface area contributed by atoms with E-state index in [0.717, 1.165) is 13.1 Å². The van der Waals surface area contributed by atoms with Gasteiger partial charge < -0.3 is 10.1 Å². The molecule has 1 aliphatic carbocycles. The van der Waals surface area contributed by atoms with Gasteiger partial charge in [-0.2, -0.15) is 0 Å². The van der Waals surface area contributed by atoms with Crippen molar-refractivity contribution in [3.05, 3.63) is 35.9 Å². The molecule has 0 aromatic heterocycles. The Hall–Kier alpha value is -0.900. The van der Waals surface area contributed by atoms with Crippen molar-refractivity contribution in [1.82, 2.24) is 10.2 Å². The van der Waals surface area contributed by atoms with Crippen LogP contribution in [0.3, 0.4) is 0 Å². The first-order valence-corrected chi connectivity index (χ1v) is 8.23. The highest BCUT2D eigenvalue weighted by Crippen LogP contribution is 2.37. The van der Waals surface area contributed by atoms with Gasteiger partial charge in [-0.25, -0.2) is 0 Å². The molecule has 116 valence electrons. The second-order valence-electron chi connectivity index (χ2n) is 6.88. The molecule has 3 rings (SSSR count). The summed E-state index contributed by atoms with van der Waals surface area (Å²) in [5, 5.41) is 3.78. The van der Waals surface area contributed by atoms with Gasteiger partial charge in [0.25, 0.3) is 0 Å². The van der Waals surface area contributed by atoms with Crippen molar-refractivity contribution in [2.45, 2.75) is 56.8 Å². The number of ether oxygens (including phenoxy) is 1. The Morgan fingerprint density at radius 3 is 2.62 bits per heavy atom. The fraction of sp³-hybridized carbons (Fsp3) is 0.667. The minimum Gasteiger partial charge on any atom is -0.381 e. The van der Waals surface area contributed by atoms with E-state index in [1.165, 1.54) is 24.8 Å². The summed E-state index contributed by atoms with van der Waals surface area (Å²) in [7, 11) is 1.84. The third kappa shape index (κ3) is 3.01. The fourth-order valence-electron chi connectivity index (χ4n) is 3.64. The molecule has 0 amide bonds. The molecular weight excluding hydrogens is 260 g/mol. The van der Waals surface area contributed by atoms with Crippen LogP contribution in [0, 0.1) is 0 Å². The summed E-state index contributed by atoms with van der Waals surface area (Å²) in [6, 6.07) is 12.1. The van der Waals surface area contributed by atoms with Crippen molar-refractivity contribution in [2.24, 2.45) is 0 Å². The largest absolute Gasteiger partial charge is 0.381 e. The fourth-order valence-corrected chi connectivity index (χ4v) is 3.64. The Bertz CT molecular complexity index is 458. The topological polar surface area (TPSA) is 24.5 Å². The lowest BCUT2D eigenvalue weighted by Crippen LogP contribution is -2.64. The predicted molar refractivity (Wildman–Crippen MR) is 86.4 cm³/mol. The minimum absolute atomic E-state index is 0.240. The molecule has 2 atom stereocenters. The highest BCUT2D eigenvalue weighted by atomic mass is 16.5. The van der Waals surface area contributed by atoms with Crippen LogP contribution in [0.1, 0.15) is 44.7 Å². The normalized spacial score (nSPS) is 37.2. The summed E-state index contributed by atoms with van der Waals surface area (Å²) in [5.41, 5.74) is 1.67. The van der Waals surface area contributed by atoms with Crippen LogP contribution < -0.4 is 5.32 Å². The molecule has 1 aliphatic heterocycles. The maximum absolute atomic E-state index is 5.48. The molecule has 1 N–H and O–H groups in total. The number of benzene rings is 1. The molecule has 0 spiro atoms. The van der Waals surface area contributed by atoms with Gasteiger partial charge in [0.2, 0.25) is 0 Å². The van der Waals surface area contributed by atoms with E-state index in [9.17, 15) is 0 Å². The number of hydrogen-bond donors (Lipinski definition) is 1. The number of hydrogen-bond acceptors (Lipinski definition) is 3. The zero-order valence-electron chi connectivity index (χ0n) is 13.5. The van der Waals surface area contributed by atoms with E-state index in [4.69, 9.17) is 4.74 Å². The molecule has 2 fully saturated rings. The third-order valence-corrected chi connectivity index (χ3v) is 5.49. The van der Waals surface area contributed by atoms with E-state index < -0.39 is 0 Å². The van der Waals surface area contributed by atoms with Crippen LogP contribution in [-0.2, 0) is 4.74 Å². The molecule has 1 saturated carbocycles. The van der Waals surface area contributed by atoms with E-state index >= 15 is 0 Å². The highest BCUT2D eigenvalue weighted by molar-refractivity contribution is 5.21. The molecule has 1 heterocycles. The van der Waals surface area contributed by atoms with Gasteiger partial charge in [0.1, 0.15) is 0 Å². The lowest BCUT2D eigenvalue weighted by Gasteiger charge is -2.53. The standard InChI is InChI=1S/C18H28N2O/c1-4-18(2)13-20(15-10-16(11-15)21-3)17(12-19-18)14-8-6-5-7-9-14/h5-9,15-17,19H,4,10-13H2,1-3H3. The first kappa shape index (κ1) is 15.0. The maximum Gasteiger partial charge on any atom is 0.0601 e. The summed E-state index contributed by atoms with van der Waals surface area (Å²) in [6.07, 6.45) is 4.00. The minimum atomic E-state index is 0.240. The number of nitrogens with one attached hydrogen (secondary N) is 1. The number of methoxy groups -OCH3 is 1. The average molecular weight is 288 g/mol. The van der Waals surface area contributed by atoms with Crippen LogP contribution in [0.5, 0.6) is 0 Å². The molecule has 2 unspecified atom stereocenters. The molecule has 2 aliphatic rings. The Morgan fingerprint density at radius 1 is 1.29 bits per heavy atom. The summed E-state index contributed by atoms with van der Waals surface area (Å²) in [5.74, 6) is 0. The van der Waals surface area contributed by atoms with Crippen LogP contribution >= 0.6 is 0 Å². The van der Waals surface area contributed by atoms with Gasteiger partial charge in [0.05, 0.1) is 6.10 Å². The van der Waals surface area contributed by atoms with Gasteiger partial charge >= 0.3 is 0 Å². The molecule has 3 heteroatoms. The zero-order valence-corrected chi connectivity index (χ0v) is 13.5. The lowest BCUT2D eigenvalue weighted by molar-refractivity contribution is -0.0624. The van der Waals surface area contributed by atoms with Gasteiger partial charge in [-0.3, -0.25) is 4.90 Å². The van der Waals surface area contributed by atoms with E-state index in [2.05, 4.69) is 54.4 Å². The van der Waals surface area contributed by atoms with E-state index in [0.29, 0.717) is 18.2 Å². The van der Waals surface area contributed by atoms with Crippen LogP contribution in [0.4, 0.5) is 0 Å². The zero-order chi connectivity index (χ0) is 14.9. The van der Waals surface area contributed by atoms with Crippen molar-refractivity contribution in [3.63, 3.8) is 0 Å². The van der Waals surface area contributed by atoms with Crippen LogP contribution in [-0.4, -0.2) is 42.8 Å². The molecule has 1 saturated heterocycles. The molecule has 21 heavy (non-hydrogen) atoms. The number of rotatable bonds is 4. The number of nitrogens with zero attached hydrogens (tertiary/aromatic N) is 1. The van der Waals surface area contributed by atoms with Crippen LogP contribution in [0.25, 0.3) is 0 Å². The van der Waals surface area contributed by atoms with Crippen molar-refractivity contribution in [1.29, 1.82) is 0 Å². The smallest absolute Gasteiger partial charge is 0.0601 e. The molecule has 3 nitrogen and oxygen atoms in total. The number of piperazine rings is 1. The second-order valence-corrected chi connectivity index (χ2v) is 6.88. The maximum atomic E-state index is 5.48. The Kier molecular flexibility index (Phi) is 4.34. The van der Waals surface area contributed by atoms with E-state index in [1.807, 2.05) is 7.11 Å². The van der Waals surface area contributed by atoms with E-state index in [1.54, 1.807) is 0 Å². The van der Waals surface area contributed by atoms with Gasteiger partial charge in [-0.15, -0.1) is 0 Å². The Balaban J connectivity index is 1.78. The van der Waals surface area contributed by atoms with E-state index in [-0.39, 0.29) is 5.54 Å². The van der Waals surface area contributed by atoms with Crippen molar-refractivity contribution >= 4 is 0 Å². The van der Waals surface area contributed by atoms with Crippen molar-refractivity contribution in [3.8, 4) is 0 Å². The first-order chi connectivity index (χ1) is 10.1. The molecule has 1 aromatic rings. The first-order valence-electron chi connectivity index (χ1n) is 8.23. The van der Waals surface area contributed by atoms with Crippen molar-refractivity contribution < 1.29 is 4.74 Å². The van der Waals surface area contributed by atoms with Gasteiger partial charge in [-0.1, -0.05) is 37.3 Å².